The molecular weight excluding hydrogens is 371 g/mol. The lowest BCUT2D eigenvalue weighted by atomic mass is 10.1. The second kappa shape index (κ2) is 6.58. The maximum Gasteiger partial charge on any atom is 0.232 e. The second-order valence-electron chi connectivity index (χ2n) is 7.38. The number of aryl methyl sites for hydroxylation is 2. The van der Waals surface area contributed by atoms with Crippen LogP contribution in [0.1, 0.15) is 17.4 Å². The molecule has 4 aromatic rings. The molecule has 8 heteroatoms. The SMILES string of the molecule is COc1ccc(-n2c(C)nnc2N2CC(n3cc(C)c4cc(F)ccc43)C2)cn1. The van der Waals surface area contributed by atoms with Crippen LogP contribution in [0.5, 0.6) is 5.88 Å². The maximum absolute atomic E-state index is 13.6. The van der Waals surface area contributed by atoms with E-state index in [1.54, 1.807) is 19.4 Å². The van der Waals surface area contributed by atoms with Crippen molar-refractivity contribution in [2.75, 3.05) is 25.1 Å². The first-order valence-corrected chi connectivity index (χ1v) is 9.49. The molecule has 1 saturated heterocycles. The van der Waals surface area contributed by atoms with E-state index in [4.69, 9.17) is 4.74 Å². The van der Waals surface area contributed by atoms with E-state index in [0.717, 1.165) is 47.0 Å². The van der Waals surface area contributed by atoms with Gasteiger partial charge in [-0.15, -0.1) is 10.2 Å². The summed E-state index contributed by atoms with van der Waals surface area (Å²) in [6, 6.07) is 9.05. The molecule has 3 aromatic heterocycles. The Balaban J connectivity index is 1.42. The summed E-state index contributed by atoms with van der Waals surface area (Å²) in [5, 5.41) is 9.61. The van der Waals surface area contributed by atoms with E-state index in [0.29, 0.717) is 11.9 Å². The molecule has 0 radical (unpaired) electrons. The highest BCUT2D eigenvalue weighted by atomic mass is 19.1. The second-order valence-corrected chi connectivity index (χ2v) is 7.38. The molecule has 0 saturated carbocycles. The number of hydrogen-bond acceptors (Lipinski definition) is 5. The molecule has 1 aromatic carbocycles. The van der Waals surface area contributed by atoms with Gasteiger partial charge in [0.2, 0.25) is 11.8 Å². The van der Waals surface area contributed by atoms with Crippen LogP contribution in [0, 0.1) is 19.7 Å². The van der Waals surface area contributed by atoms with E-state index in [1.807, 2.05) is 36.6 Å². The number of fused-ring (bicyclic) bond motifs is 1. The molecule has 0 N–H and O–H groups in total. The van der Waals surface area contributed by atoms with E-state index in [9.17, 15) is 4.39 Å². The summed E-state index contributed by atoms with van der Waals surface area (Å²) >= 11 is 0. The number of anilines is 1. The zero-order valence-corrected chi connectivity index (χ0v) is 16.5. The van der Waals surface area contributed by atoms with Crippen LogP contribution in [0.3, 0.4) is 0 Å². The van der Waals surface area contributed by atoms with E-state index in [2.05, 4.69) is 30.8 Å². The van der Waals surface area contributed by atoms with Crippen LogP contribution < -0.4 is 9.64 Å². The highest BCUT2D eigenvalue weighted by Gasteiger charge is 2.33. The summed E-state index contributed by atoms with van der Waals surface area (Å²) < 4.78 is 23.0. The number of methoxy groups -OCH3 is 1. The number of nitrogens with zero attached hydrogens (tertiary/aromatic N) is 6. The van der Waals surface area contributed by atoms with Crippen molar-refractivity contribution in [2.45, 2.75) is 19.9 Å². The molecule has 1 aliphatic rings. The van der Waals surface area contributed by atoms with Gasteiger partial charge in [-0.1, -0.05) is 0 Å². The molecule has 0 aliphatic carbocycles. The fourth-order valence-corrected chi connectivity index (χ4v) is 3.98. The van der Waals surface area contributed by atoms with Crippen molar-refractivity contribution >= 4 is 16.9 Å². The van der Waals surface area contributed by atoms with Crippen LogP contribution in [-0.2, 0) is 0 Å². The average Bonchev–Trinajstić information content (AvgIpc) is 3.21. The Morgan fingerprint density at radius 2 is 1.93 bits per heavy atom. The van der Waals surface area contributed by atoms with Gasteiger partial charge in [-0.25, -0.2) is 9.37 Å². The van der Waals surface area contributed by atoms with Crippen molar-refractivity contribution in [2.24, 2.45) is 0 Å². The van der Waals surface area contributed by atoms with Crippen LogP contribution in [0.4, 0.5) is 10.3 Å². The predicted molar refractivity (Wildman–Crippen MR) is 108 cm³/mol. The number of pyridine rings is 1. The first-order chi connectivity index (χ1) is 14.0. The van der Waals surface area contributed by atoms with Gasteiger partial charge < -0.3 is 14.2 Å². The molecule has 5 rings (SSSR count). The van der Waals surface area contributed by atoms with E-state index < -0.39 is 0 Å². The lowest BCUT2D eigenvalue weighted by molar-refractivity contribution is 0.397. The summed E-state index contributed by atoms with van der Waals surface area (Å²) in [7, 11) is 1.60. The van der Waals surface area contributed by atoms with Gasteiger partial charge in [-0.3, -0.25) is 4.57 Å². The van der Waals surface area contributed by atoms with Gasteiger partial charge in [0.1, 0.15) is 11.6 Å². The lowest BCUT2D eigenvalue weighted by Crippen LogP contribution is -2.48. The Bertz CT molecular complexity index is 1190. The first-order valence-electron chi connectivity index (χ1n) is 9.49. The molecule has 0 amide bonds. The molecule has 148 valence electrons. The van der Waals surface area contributed by atoms with Crippen molar-refractivity contribution < 1.29 is 9.13 Å². The standard InChI is InChI=1S/C21H21FN6O/c1-13-10-27(19-6-4-15(22)8-18(13)19)17-11-26(12-17)21-25-24-14(2)28(21)16-5-7-20(29-3)23-9-16/h4-10,17H,11-12H2,1-3H3. The zero-order valence-electron chi connectivity index (χ0n) is 16.5. The monoisotopic (exact) mass is 392 g/mol. The summed E-state index contributed by atoms with van der Waals surface area (Å²) in [6.07, 6.45) is 3.86. The number of aromatic nitrogens is 5. The van der Waals surface area contributed by atoms with Gasteiger partial charge in [0.25, 0.3) is 0 Å². The fraction of sp³-hybridized carbons (Fsp3) is 0.286. The van der Waals surface area contributed by atoms with E-state index in [1.165, 1.54) is 6.07 Å². The Hall–Kier alpha value is -3.42. The van der Waals surface area contributed by atoms with Crippen molar-refractivity contribution in [3.63, 3.8) is 0 Å². The smallest absolute Gasteiger partial charge is 0.232 e. The summed E-state index contributed by atoms with van der Waals surface area (Å²) in [5.74, 6) is 1.96. The number of rotatable bonds is 4. The average molecular weight is 392 g/mol. The Labute approximate surface area is 167 Å². The highest BCUT2D eigenvalue weighted by molar-refractivity contribution is 5.84. The third kappa shape index (κ3) is 2.83. The van der Waals surface area contributed by atoms with Gasteiger partial charge in [0.15, 0.2) is 0 Å². The lowest BCUT2D eigenvalue weighted by Gasteiger charge is -2.40. The minimum Gasteiger partial charge on any atom is -0.481 e. The number of ether oxygens (including phenoxy) is 1. The molecular formula is C21H21FN6O. The van der Waals surface area contributed by atoms with Crippen molar-refractivity contribution in [1.29, 1.82) is 0 Å². The van der Waals surface area contributed by atoms with Crippen molar-refractivity contribution in [3.8, 4) is 11.6 Å². The normalized spacial score (nSPS) is 14.4. The van der Waals surface area contributed by atoms with Crippen LogP contribution in [0.2, 0.25) is 0 Å². The number of halogens is 1. The molecule has 1 aliphatic heterocycles. The Morgan fingerprint density at radius 1 is 1.10 bits per heavy atom. The molecule has 0 bridgehead atoms. The maximum atomic E-state index is 13.6. The Morgan fingerprint density at radius 3 is 2.66 bits per heavy atom. The van der Waals surface area contributed by atoms with Gasteiger partial charge in [-0.2, -0.15) is 0 Å². The first kappa shape index (κ1) is 17.7. The zero-order chi connectivity index (χ0) is 20.1. The minimum atomic E-state index is -0.203. The van der Waals surface area contributed by atoms with Crippen LogP contribution in [0.25, 0.3) is 16.6 Å². The van der Waals surface area contributed by atoms with Crippen molar-refractivity contribution in [3.05, 3.63) is 59.9 Å². The molecule has 4 heterocycles. The van der Waals surface area contributed by atoms with Gasteiger partial charge >= 0.3 is 0 Å². The third-order valence-corrected chi connectivity index (χ3v) is 5.53. The topological polar surface area (TPSA) is 61.0 Å². The van der Waals surface area contributed by atoms with Crippen molar-refractivity contribution in [1.82, 2.24) is 24.3 Å². The number of hydrogen-bond donors (Lipinski definition) is 0. The molecule has 0 atom stereocenters. The summed E-state index contributed by atoms with van der Waals surface area (Å²) in [6.45, 7) is 5.56. The molecule has 0 unspecified atom stereocenters. The fourth-order valence-electron chi connectivity index (χ4n) is 3.98. The van der Waals surface area contributed by atoms with E-state index >= 15 is 0 Å². The predicted octanol–water partition coefficient (Wildman–Crippen LogP) is 3.44. The molecule has 7 nitrogen and oxygen atoms in total. The van der Waals surface area contributed by atoms with Crippen LogP contribution in [0.15, 0.2) is 42.7 Å². The van der Waals surface area contributed by atoms with E-state index in [-0.39, 0.29) is 5.82 Å². The third-order valence-electron chi connectivity index (χ3n) is 5.53. The molecule has 1 fully saturated rings. The number of benzene rings is 1. The molecule has 0 spiro atoms. The quantitative estimate of drug-likeness (QED) is 0.532. The van der Waals surface area contributed by atoms with Crippen LogP contribution >= 0.6 is 0 Å². The van der Waals surface area contributed by atoms with Gasteiger partial charge in [-0.05, 0) is 43.7 Å². The molecule has 29 heavy (non-hydrogen) atoms. The van der Waals surface area contributed by atoms with Gasteiger partial charge in [0, 0.05) is 36.3 Å². The minimum absolute atomic E-state index is 0.203. The summed E-state index contributed by atoms with van der Waals surface area (Å²) in [4.78, 5) is 6.49. The summed E-state index contributed by atoms with van der Waals surface area (Å²) in [5.41, 5.74) is 3.04. The Kier molecular flexibility index (Phi) is 4.01. The largest absolute Gasteiger partial charge is 0.481 e. The highest BCUT2D eigenvalue weighted by Crippen LogP contribution is 2.33. The van der Waals surface area contributed by atoms with Crippen LogP contribution in [-0.4, -0.2) is 44.5 Å². The van der Waals surface area contributed by atoms with Gasteiger partial charge in [0.05, 0.1) is 25.0 Å².